The number of ether oxygens (including phenoxy) is 1. The zero-order valence-corrected chi connectivity index (χ0v) is 13.1. The number of nitrogens with zero attached hydrogens (tertiary/aromatic N) is 1. The van der Waals surface area contributed by atoms with E-state index in [1.54, 1.807) is 18.4 Å². The van der Waals surface area contributed by atoms with E-state index < -0.39 is 0 Å². The lowest BCUT2D eigenvalue weighted by molar-refractivity contribution is 0.282. The first-order valence-electron chi connectivity index (χ1n) is 6.41. The molecule has 20 heavy (non-hydrogen) atoms. The molecule has 0 saturated heterocycles. The van der Waals surface area contributed by atoms with E-state index in [2.05, 4.69) is 29.0 Å². The van der Waals surface area contributed by atoms with E-state index in [0.29, 0.717) is 0 Å². The van der Waals surface area contributed by atoms with Gasteiger partial charge >= 0.3 is 0 Å². The van der Waals surface area contributed by atoms with Crippen LogP contribution in [0.2, 0.25) is 5.02 Å². The Kier molecular flexibility index (Phi) is 5.65. The van der Waals surface area contributed by atoms with Crippen LogP contribution in [0.25, 0.3) is 0 Å². The van der Waals surface area contributed by atoms with Gasteiger partial charge in [-0.3, -0.25) is 4.90 Å². The third-order valence-corrected chi connectivity index (χ3v) is 4.08. The van der Waals surface area contributed by atoms with Crippen LogP contribution in [0, 0.1) is 0 Å². The number of hydrogen-bond donors (Lipinski definition) is 0. The smallest absolute Gasteiger partial charge is 0.123 e. The van der Waals surface area contributed by atoms with Crippen molar-refractivity contribution in [2.24, 2.45) is 0 Å². The maximum absolute atomic E-state index is 6.08. The van der Waals surface area contributed by atoms with Crippen LogP contribution >= 0.6 is 22.9 Å². The Morgan fingerprint density at radius 3 is 2.85 bits per heavy atom. The molecule has 0 bridgehead atoms. The highest BCUT2D eigenvalue weighted by Crippen LogP contribution is 2.25. The molecule has 0 aliphatic rings. The van der Waals surface area contributed by atoms with E-state index in [-0.39, 0.29) is 0 Å². The summed E-state index contributed by atoms with van der Waals surface area (Å²) in [7, 11) is 1.68. The molecule has 106 valence electrons. The van der Waals surface area contributed by atoms with Gasteiger partial charge < -0.3 is 4.74 Å². The molecule has 0 saturated carbocycles. The molecule has 0 aliphatic carbocycles. The predicted molar refractivity (Wildman–Crippen MR) is 86.6 cm³/mol. The van der Waals surface area contributed by atoms with Crippen LogP contribution in [0.5, 0.6) is 5.75 Å². The normalized spacial score (nSPS) is 10.8. The predicted octanol–water partition coefficient (Wildman–Crippen LogP) is 4.60. The van der Waals surface area contributed by atoms with Gasteiger partial charge in [0.25, 0.3) is 0 Å². The van der Waals surface area contributed by atoms with Crippen LogP contribution in [0.1, 0.15) is 10.4 Å². The minimum Gasteiger partial charge on any atom is -0.496 e. The fraction of sp³-hybridized carbons (Fsp3) is 0.250. The minimum atomic E-state index is 0.732. The van der Waals surface area contributed by atoms with Gasteiger partial charge in [0.15, 0.2) is 0 Å². The van der Waals surface area contributed by atoms with Crippen molar-refractivity contribution in [2.45, 2.75) is 13.1 Å². The Hall–Kier alpha value is -1.29. The molecule has 1 aromatic carbocycles. The molecule has 0 unspecified atom stereocenters. The van der Waals surface area contributed by atoms with Gasteiger partial charge in [-0.15, -0.1) is 17.9 Å². The summed E-state index contributed by atoms with van der Waals surface area (Å²) in [5, 5.41) is 2.83. The average molecular weight is 308 g/mol. The lowest BCUT2D eigenvalue weighted by Crippen LogP contribution is -2.22. The van der Waals surface area contributed by atoms with Crippen LogP contribution < -0.4 is 4.74 Å². The van der Waals surface area contributed by atoms with Gasteiger partial charge in [0.1, 0.15) is 5.75 Å². The van der Waals surface area contributed by atoms with Gasteiger partial charge in [-0.2, -0.15) is 0 Å². The summed E-state index contributed by atoms with van der Waals surface area (Å²) in [4.78, 5) is 3.65. The number of hydrogen-bond acceptors (Lipinski definition) is 3. The van der Waals surface area contributed by atoms with Crippen LogP contribution in [0.3, 0.4) is 0 Å². The van der Waals surface area contributed by atoms with Crippen LogP contribution in [-0.4, -0.2) is 18.6 Å². The van der Waals surface area contributed by atoms with Gasteiger partial charge in [-0.05, 0) is 29.6 Å². The zero-order chi connectivity index (χ0) is 14.4. The van der Waals surface area contributed by atoms with Gasteiger partial charge in [0.05, 0.1) is 7.11 Å². The molecule has 0 N–H and O–H groups in total. The van der Waals surface area contributed by atoms with E-state index >= 15 is 0 Å². The molecular weight excluding hydrogens is 290 g/mol. The van der Waals surface area contributed by atoms with Crippen molar-refractivity contribution < 1.29 is 4.74 Å². The minimum absolute atomic E-state index is 0.732. The van der Waals surface area contributed by atoms with Crippen LogP contribution in [0.4, 0.5) is 0 Å². The fourth-order valence-electron chi connectivity index (χ4n) is 2.10. The SMILES string of the molecule is C=CCN(Cc1cccs1)Cc1cc(Cl)ccc1OC. The number of rotatable bonds is 7. The molecule has 0 amide bonds. The summed E-state index contributed by atoms with van der Waals surface area (Å²) in [6.45, 7) is 6.35. The molecule has 2 rings (SSSR count). The fourth-order valence-corrected chi connectivity index (χ4v) is 3.04. The molecule has 0 spiro atoms. The second kappa shape index (κ2) is 7.48. The maximum Gasteiger partial charge on any atom is 0.123 e. The van der Waals surface area contributed by atoms with Crippen molar-refractivity contribution in [3.63, 3.8) is 0 Å². The van der Waals surface area contributed by atoms with Gasteiger partial charge in [-0.25, -0.2) is 0 Å². The Bertz CT molecular complexity index is 554. The summed E-state index contributed by atoms with van der Waals surface area (Å²) in [5.74, 6) is 0.870. The number of thiophene rings is 1. The largest absolute Gasteiger partial charge is 0.496 e. The monoisotopic (exact) mass is 307 g/mol. The topological polar surface area (TPSA) is 12.5 Å². The number of benzene rings is 1. The third kappa shape index (κ3) is 4.10. The molecule has 1 heterocycles. The molecule has 1 aromatic heterocycles. The average Bonchev–Trinajstić information content (AvgIpc) is 2.92. The van der Waals surface area contributed by atoms with Crippen molar-refractivity contribution in [3.8, 4) is 5.75 Å². The van der Waals surface area contributed by atoms with Crippen molar-refractivity contribution in [1.29, 1.82) is 0 Å². The first-order chi connectivity index (χ1) is 9.72. The van der Waals surface area contributed by atoms with E-state index in [1.807, 2.05) is 24.3 Å². The van der Waals surface area contributed by atoms with Crippen LogP contribution in [0.15, 0.2) is 48.4 Å². The maximum atomic E-state index is 6.08. The van der Waals surface area contributed by atoms with E-state index in [9.17, 15) is 0 Å². The molecule has 0 atom stereocenters. The number of methoxy groups -OCH3 is 1. The molecular formula is C16H18ClNOS. The first kappa shape index (κ1) is 15.1. The molecule has 4 heteroatoms. The van der Waals surface area contributed by atoms with Gasteiger partial charge in [0.2, 0.25) is 0 Å². The summed E-state index contributed by atoms with van der Waals surface area (Å²) in [5.41, 5.74) is 1.10. The van der Waals surface area contributed by atoms with Crippen molar-refractivity contribution in [2.75, 3.05) is 13.7 Å². The quantitative estimate of drug-likeness (QED) is 0.693. The lowest BCUT2D eigenvalue weighted by atomic mass is 10.2. The summed E-state index contributed by atoms with van der Waals surface area (Å²) >= 11 is 7.85. The molecule has 2 aromatic rings. The van der Waals surface area contributed by atoms with Crippen molar-refractivity contribution in [3.05, 3.63) is 63.8 Å². The molecule has 0 aliphatic heterocycles. The molecule has 0 radical (unpaired) electrons. The highest BCUT2D eigenvalue weighted by atomic mass is 35.5. The number of halogens is 1. The third-order valence-electron chi connectivity index (χ3n) is 2.98. The molecule has 2 nitrogen and oxygen atoms in total. The Balaban J connectivity index is 2.14. The second-order valence-electron chi connectivity index (χ2n) is 4.49. The Labute approximate surface area is 129 Å². The van der Waals surface area contributed by atoms with E-state index in [0.717, 1.165) is 36.0 Å². The van der Waals surface area contributed by atoms with E-state index in [1.165, 1.54) is 4.88 Å². The Morgan fingerprint density at radius 1 is 1.35 bits per heavy atom. The highest BCUT2D eigenvalue weighted by Gasteiger charge is 2.10. The van der Waals surface area contributed by atoms with Crippen molar-refractivity contribution in [1.82, 2.24) is 4.90 Å². The summed E-state index contributed by atoms with van der Waals surface area (Å²) in [6.07, 6.45) is 1.92. The summed E-state index contributed by atoms with van der Waals surface area (Å²) in [6, 6.07) is 9.95. The molecule has 0 fully saturated rings. The van der Waals surface area contributed by atoms with Crippen molar-refractivity contribution >= 4 is 22.9 Å². The highest BCUT2D eigenvalue weighted by molar-refractivity contribution is 7.09. The zero-order valence-electron chi connectivity index (χ0n) is 11.5. The van der Waals surface area contributed by atoms with Gasteiger partial charge in [-0.1, -0.05) is 23.7 Å². The lowest BCUT2D eigenvalue weighted by Gasteiger charge is -2.21. The first-order valence-corrected chi connectivity index (χ1v) is 7.66. The van der Waals surface area contributed by atoms with E-state index in [4.69, 9.17) is 16.3 Å². The summed E-state index contributed by atoms with van der Waals surface area (Å²) < 4.78 is 5.41. The standard InChI is InChI=1S/C16H18ClNOS/c1-3-8-18(12-15-5-4-9-20-15)11-13-10-14(17)6-7-16(13)19-2/h3-7,9-10H,1,8,11-12H2,2H3. The Morgan fingerprint density at radius 2 is 2.20 bits per heavy atom. The van der Waals surface area contributed by atoms with Gasteiger partial charge in [0, 0.05) is 35.1 Å². The second-order valence-corrected chi connectivity index (χ2v) is 5.96. The van der Waals surface area contributed by atoms with Crippen LogP contribution in [-0.2, 0) is 13.1 Å².